The lowest BCUT2D eigenvalue weighted by Gasteiger charge is -2.39. The van der Waals surface area contributed by atoms with Crippen molar-refractivity contribution in [3.63, 3.8) is 0 Å². The van der Waals surface area contributed by atoms with E-state index in [0.717, 1.165) is 55.5 Å². The molecule has 0 bridgehead atoms. The Bertz CT molecular complexity index is 2520. The van der Waals surface area contributed by atoms with Crippen molar-refractivity contribution < 1.29 is 46.0 Å². The van der Waals surface area contributed by atoms with Crippen LogP contribution in [0.1, 0.15) is 115 Å². The van der Waals surface area contributed by atoms with Gasteiger partial charge in [-0.2, -0.15) is 23.5 Å². The fourth-order valence-electron chi connectivity index (χ4n) is 8.95. The third kappa shape index (κ3) is 14.6. The standard InChI is InChI=1S/C54H71F3N9O7P/c1-9-11-31-64(32-12-10-2)37-62-50-49-45(20-16-30-59-52(67)54(55,56)57)63-65(51(49)61-36-60-50)48-34-46(73-74(71-33-17-29-58)66(38(3)4)39(5)6)47(72-48)35-70-53(40-18-14-13-15-19-40,41-21-25-43(68-7)26-22-41)42-23-27-44(69-8)28-24-42/h13-15,18-19,21-28,36-39,46-48H,9-12,16-17,20,30-35H2,1-8H3,(H,59,67)/b62-37+/t46-,47+,48+,74?/m0/s1. The summed E-state index contributed by atoms with van der Waals surface area (Å²) in [5.74, 6) is -0.333. The van der Waals surface area contributed by atoms with E-state index in [1.165, 1.54) is 6.33 Å². The second-order valence-corrected chi connectivity index (χ2v) is 19.9. The normalized spacial score (nSPS) is 16.6. The maximum Gasteiger partial charge on any atom is 0.471 e. The van der Waals surface area contributed by atoms with Gasteiger partial charge in [0.25, 0.3) is 8.53 Å². The lowest BCUT2D eigenvalue weighted by Crippen LogP contribution is -2.39. The van der Waals surface area contributed by atoms with Gasteiger partial charge < -0.3 is 38.2 Å². The highest BCUT2D eigenvalue weighted by molar-refractivity contribution is 7.44. The van der Waals surface area contributed by atoms with Gasteiger partial charge in [0.15, 0.2) is 17.7 Å². The monoisotopic (exact) mass is 1050 g/mol. The molecule has 400 valence electrons. The number of methoxy groups -OCH3 is 2. The van der Waals surface area contributed by atoms with Crippen molar-refractivity contribution in [3.8, 4) is 17.6 Å². The average Bonchev–Trinajstić information content (AvgIpc) is 3.98. The third-order valence-electron chi connectivity index (χ3n) is 12.6. The first-order valence-electron chi connectivity index (χ1n) is 25.4. The van der Waals surface area contributed by atoms with Crippen molar-refractivity contribution in [2.24, 2.45) is 4.99 Å². The number of hydrogen-bond acceptors (Lipinski definition) is 13. The van der Waals surface area contributed by atoms with Crippen LogP contribution in [0.2, 0.25) is 0 Å². The Kier molecular flexibility index (Phi) is 21.5. The van der Waals surface area contributed by atoms with E-state index in [0.29, 0.717) is 34.0 Å². The molecule has 20 heteroatoms. The Hall–Kier alpha value is -5.74. The number of unbranched alkanes of at least 4 members (excludes halogenated alkanes) is 2. The number of nitriles is 1. The van der Waals surface area contributed by atoms with Crippen LogP contribution in [0.25, 0.3) is 11.0 Å². The van der Waals surface area contributed by atoms with Gasteiger partial charge >= 0.3 is 12.1 Å². The van der Waals surface area contributed by atoms with Crippen molar-refractivity contribution in [2.45, 2.75) is 135 Å². The Balaban J connectivity index is 1.47. The van der Waals surface area contributed by atoms with Crippen LogP contribution < -0.4 is 14.8 Å². The van der Waals surface area contributed by atoms with E-state index in [1.54, 1.807) is 25.2 Å². The molecule has 1 amide bonds. The van der Waals surface area contributed by atoms with Gasteiger partial charge in [0.1, 0.15) is 29.5 Å². The van der Waals surface area contributed by atoms with E-state index in [2.05, 4.69) is 62.2 Å². The van der Waals surface area contributed by atoms with Crippen molar-refractivity contribution >= 4 is 37.6 Å². The largest absolute Gasteiger partial charge is 0.497 e. The summed E-state index contributed by atoms with van der Waals surface area (Å²) < 4.78 is 82.7. The van der Waals surface area contributed by atoms with Crippen LogP contribution in [0.5, 0.6) is 11.5 Å². The number of nitrogens with zero attached hydrogens (tertiary/aromatic N) is 8. The Labute approximate surface area is 434 Å². The first kappa shape index (κ1) is 57.5. The van der Waals surface area contributed by atoms with E-state index < -0.39 is 44.6 Å². The molecule has 1 N–H and O–H groups in total. The number of benzene rings is 3. The van der Waals surface area contributed by atoms with Gasteiger partial charge in [0, 0.05) is 38.1 Å². The summed E-state index contributed by atoms with van der Waals surface area (Å²) in [6.45, 7) is 14.0. The molecule has 16 nitrogen and oxygen atoms in total. The van der Waals surface area contributed by atoms with Crippen LogP contribution in [-0.4, -0.2) is 119 Å². The quantitative estimate of drug-likeness (QED) is 0.0158. The summed E-state index contributed by atoms with van der Waals surface area (Å²) in [4.78, 5) is 28.2. The van der Waals surface area contributed by atoms with E-state index in [1.807, 2.05) is 84.2 Å². The Morgan fingerprint density at radius 3 is 2.08 bits per heavy atom. The van der Waals surface area contributed by atoms with E-state index in [4.69, 9.17) is 43.1 Å². The number of halogens is 3. The number of hydrogen-bond donors (Lipinski definition) is 1. The molecule has 0 spiro atoms. The number of rotatable bonds is 29. The zero-order valence-corrected chi connectivity index (χ0v) is 44.7. The second kappa shape index (κ2) is 27.7. The zero-order chi connectivity index (χ0) is 53.3. The number of nitrogens with one attached hydrogen (secondary N) is 1. The summed E-state index contributed by atoms with van der Waals surface area (Å²) in [5.41, 5.74) is 2.13. The molecule has 3 aromatic carbocycles. The molecular weight excluding hydrogens is 975 g/mol. The SMILES string of the molecule is CCCCN(/C=N/c1ncnc2c1c(CCCNC(=O)C(F)(F)F)nn2[C@H]1C[C@H](OP(OCCC#N)N(C(C)C)C(C)C)[C@@H](COC(c2ccccc2)(c2ccc(OC)cc2)c2ccc(OC)cc2)O1)CCCC. The van der Waals surface area contributed by atoms with Crippen molar-refractivity contribution in [2.75, 3.05) is 47.1 Å². The molecule has 5 aromatic rings. The van der Waals surface area contributed by atoms with Crippen LogP contribution in [0.3, 0.4) is 0 Å². The predicted octanol–water partition coefficient (Wildman–Crippen LogP) is 11.0. The van der Waals surface area contributed by atoms with Gasteiger partial charge in [-0.15, -0.1) is 0 Å². The molecule has 4 atom stereocenters. The second-order valence-electron chi connectivity index (χ2n) is 18.5. The lowest BCUT2D eigenvalue weighted by molar-refractivity contribution is -0.173. The number of aryl methyl sites for hydroxylation is 1. The smallest absolute Gasteiger partial charge is 0.471 e. The molecule has 74 heavy (non-hydrogen) atoms. The first-order valence-corrected chi connectivity index (χ1v) is 26.6. The maximum atomic E-state index is 13.2. The number of alkyl halides is 3. The number of fused-ring (bicyclic) bond motifs is 1. The van der Waals surface area contributed by atoms with Gasteiger partial charge in [-0.05, 0) is 94.3 Å². The number of carbonyl (C=O) groups excluding carboxylic acids is 1. The highest BCUT2D eigenvalue weighted by Crippen LogP contribution is 2.51. The molecule has 1 unspecified atom stereocenters. The van der Waals surface area contributed by atoms with Gasteiger partial charge in [-0.1, -0.05) is 81.3 Å². The molecule has 1 aliphatic rings. The highest BCUT2D eigenvalue weighted by Gasteiger charge is 2.46. The molecule has 0 saturated carbocycles. The van der Waals surface area contributed by atoms with E-state index >= 15 is 0 Å². The van der Waals surface area contributed by atoms with Gasteiger partial charge in [-0.25, -0.2) is 24.3 Å². The number of carbonyl (C=O) groups is 1. The molecule has 2 aromatic heterocycles. The van der Waals surface area contributed by atoms with Crippen LogP contribution in [-0.2, 0) is 35.3 Å². The summed E-state index contributed by atoms with van der Waals surface area (Å²) in [6, 6.07) is 27.6. The lowest BCUT2D eigenvalue weighted by atomic mass is 9.80. The first-order chi connectivity index (χ1) is 35.7. The summed E-state index contributed by atoms with van der Waals surface area (Å²) in [7, 11) is 1.46. The maximum absolute atomic E-state index is 13.2. The Morgan fingerprint density at radius 2 is 1.53 bits per heavy atom. The summed E-state index contributed by atoms with van der Waals surface area (Å²) in [6.07, 6.45) is 0.554. The molecule has 1 aliphatic heterocycles. The van der Waals surface area contributed by atoms with Gasteiger partial charge in [0.05, 0.1) is 63.4 Å². The minimum Gasteiger partial charge on any atom is -0.497 e. The van der Waals surface area contributed by atoms with Crippen molar-refractivity contribution in [1.29, 1.82) is 5.26 Å². The Morgan fingerprint density at radius 1 is 0.919 bits per heavy atom. The number of amides is 1. The number of ether oxygens (including phenoxy) is 4. The topological polar surface area (TPSA) is 171 Å². The van der Waals surface area contributed by atoms with Crippen LogP contribution in [0, 0.1) is 11.3 Å². The molecule has 1 saturated heterocycles. The number of aliphatic imine (C=N–C) groups is 1. The molecule has 6 rings (SSSR count). The fraction of sp³-hybridized carbons (Fsp3) is 0.519. The van der Waals surface area contributed by atoms with E-state index in [9.17, 15) is 23.2 Å². The molecular formula is C54H71F3N9O7P. The fourth-order valence-corrected chi connectivity index (χ4v) is 10.7. The number of aromatic nitrogens is 4. The minimum absolute atomic E-state index is 0.000896. The van der Waals surface area contributed by atoms with Gasteiger partial charge in [0.2, 0.25) is 0 Å². The summed E-state index contributed by atoms with van der Waals surface area (Å²) >= 11 is 0. The van der Waals surface area contributed by atoms with Crippen molar-refractivity contribution in [3.05, 3.63) is 108 Å². The van der Waals surface area contributed by atoms with Crippen LogP contribution in [0.15, 0.2) is 90.2 Å². The van der Waals surface area contributed by atoms with Crippen molar-refractivity contribution in [1.82, 2.24) is 34.6 Å². The highest BCUT2D eigenvalue weighted by atomic mass is 31.2. The van der Waals surface area contributed by atoms with Gasteiger partial charge in [-0.3, -0.25) is 4.79 Å². The zero-order valence-electron chi connectivity index (χ0n) is 43.8. The third-order valence-corrected chi connectivity index (χ3v) is 14.7. The predicted molar refractivity (Wildman–Crippen MR) is 279 cm³/mol. The van der Waals surface area contributed by atoms with Crippen LogP contribution >= 0.6 is 8.53 Å². The molecule has 1 fully saturated rings. The average molecular weight is 1050 g/mol. The van der Waals surface area contributed by atoms with Crippen LogP contribution in [0.4, 0.5) is 19.0 Å². The summed E-state index contributed by atoms with van der Waals surface area (Å²) in [5, 5.41) is 17.1. The van der Waals surface area contributed by atoms with E-state index in [-0.39, 0.29) is 57.5 Å². The molecule has 0 aliphatic carbocycles. The molecule has 3 heterocycles. The molecule has 0 radical (unpaired) electrons. The minimum atomic E-state index is -5.02.